The summed E-state index contributed by atoms with van der Waals surface area (Å²) in [7, 11) is 0. The molecule has 13 aromatic carbocycles. The minimum Gasteiger partial charge on any atom is -0.416 e. The molecule has 0 N–H and O–H groups in total. The van der Waals surface area contributed by atoms with Crippen LogP contribution in [0.4, 0.5) is 22.0 Å². The predicted octanol–water partition coefficient (Wildman–Crippen LogP) is 30.3. The van der Waals surface area contributed by atoms with Crippen molar-refractivity contribution in [3.63, 3.8) is 0 Å². The summed E-state index contributed by atoms with van der Waals surface area (Å²) < 4.78 is 85.5. The lowest BCUT2D eigenvalue weighted by Crippen LogP contribution is -2.14. The Hall–Kier alpha value is -18.2. The van der Waals surface area contributed by atoms with Crippen LogP contribution in [0.2, 0.25) is 0 Å². The molecule has 12 aromatic heterocycles. The number of hydrogen-bond acceptors (Lipinski definition) is 12. The lowest BCUT2D eigenvalue weighted by molar-refractivity contribution is 0.376. The fourth-order valence-electron chi connectivity index (χ4n) is 22.8. The van der Waals surface area contributed by atoms with Crippen molar-refractivity contribution in [3.8, 4) is 125 Å². The Morgan fingerprint density at radius 1 is 0.240 bits per heavy atom. The molecule has 4 aliphatic rings. The number of benzene rings is 13. The molecule has 0 fully saturated rings. The van der Waals surface area contributed by atoms with Gasteiger partial charge in [-0.3, -0.25) is 34.1 Å². The van der Waals surface area contributed by atoms with Crippen LogP contribution in [0.3, 0.4) is 0 Å². The molecule has 0 amide bonds. The zero-order valence-electron chi connectivity index (χ0n) is 80.3. The summed E-state index contributed by atoms with van der Waals surface area (Å²) in [6, 6.07) is 116. The Balaban J connectivity index is 0.0000000992. The first kappa shape index (κ1) is 88.0. The van der Waals surface area contributed by atoms with Crippen molar-refractivity contribution < 1.29 is 26.4 Å². The third-order valence-corrected chi connectivity index (χ3v) is 29.9. The fourth-order valence-corrected chi connectivity index (χ4v) is 22.8. The molecule has 0 saturated carbocycles. The average molecular weight is 1910 g/mol. The first-order chi connectivity index (χ1) is 71.0. The van der Waals surface area contributed by atoms with Crippen LogP contribution < -0.4 is 0 Å². The van der Waals surface area contributed by atoms with Gasteiger partial charge in [-0.25, -0.2) is 31.9 Å². The quantitative estimate of drug-likeness (QED) is 0.0761. The van der Waals surface area contributed by atoms with E-state index in [2.05, 4.69) is 241 Å². The van der Waals surface area contributed by atoms with E-state index in [0.29, 0.717) is 45.8 Å². The van der Waals surface area contributed by atoms with E-state index in [4.69, 9.17) is 39.3 Å². The Labute approximate surface area is 834 Å². The number of aromatic nitrogens is 15. The monoisotopic (exact) mass is 1910 g/mol. The normalized spacial score (nSPS) is 13.7. The highest BCUT2D eigenvalue weighted by Crippen LogP contribution is 2.57. The zero-order chi connectivity index (χ0) is 99.1. The highest BCUT2D eigenvalue weighted by molar-refractivity contribution is 6.14. The lowest BCUT2D eigenvalue weighted by atomic mass is 9.82. The van der Waals surface area contributed by atoms with Gasteiger partial charge in [0.05, 0.1) is 71.9 Å². The van der Waals surface area contributed by atoms with Crippen molar-refractivity contribution in [1.82, 2.24) is 73.3 Å². The van der Waals surface area contributed by atoms with Crippen LogP contribution in [0.25, 0.3) is 212 Å². The van der Waals surface area contributed by atoms with Gasteiger partial charge in [-0.1, -0.05) is 237 Å². The summed E-state index contributed by atoms with van der Waals surface area (Å²) in [5.41, 5.74) is 35.2. The Morgan fingerprint density at radius 2 is 0.575 bits per heavy atom. The van der Waals surface area contributed by atoms with Gasteiger partial charge < -0.3 is 13.6 Å². The highest BCUT2D eigenvalue weighted by Gasteiger charge is 2.42. The summed E-state index contributed by atoms with van der Waals surface area (Å²) in [6.45, 7) is 18.0. The van der Waals surface area contributed by atoms with Gasteiger partial charge in [0.1, 0.15) is 11.5 Å². The molecule has 146 heavy (non-hydrogen) atoms. The zero-order valence-corrected chi connectivity index (χ0v) is 80.3. The van der Waals surface area contributed by atoms with Crippen molar-refractivity contribution in [2.75, 3.05) is 0 Å². The number of rotatable bonds is 9. The smallest absolute Gasteiger partial charge is 0.248 e. The number of hydrogen-bond donors (Lipinski definition) is 0. The van der Waals surface area contributed by atoms with Gasteiger partial charge in [-0.15, -0.1) is 10.2 Å². The minimum atomic E-state index is -2.19. The Morgan fingerprint density at radius 3 is 0.986 bits per heavy atom. The maximum atomic E-state index is 14.9. The van der Waals surface area contributed by atoms with E-state index >= 15 is 0 Å². The van der Waals surface area contributed by atoms with E-state index < -0.39 is 34.8 Å². The van der Waals surface area contributed by atoms with Crippen LogP contribution in [-0.2, 0) is 21.7 Å². The van der Waals surface area contributed by atoms with Gasteiger partial charge in [0.2, 0.25) is 23.5 Å². The van der Waals surface area contributed by atoms with Crippen LogP contribution in [-0.4, -0.2) is 73.3 Å². The van der Waals surface area contributed by atoms with Gasteiger partial charge in [-0.2, -0.15) is 9.97 Å². The minimum absolute atomic E-state index is 0.0527. The van der Waals surface area contributed by atoms with Crippen molar-refractivity contribution in [2.45, 2.75) is 77.0 Å². The number of nitrogens with zero attached hydrogens (tertiary/aromatic N) is 15. The third-order valence-electron chi connectivity index (χ3n) is 29.9. The Kier molecular flexibility index (Phi) is 20.2. The molecule has 0 atom stereocenters. The van der Waals surface area contributed by atoms with E-state index in [9.17, 15) is 22.0 Å². The summed E-state index contributed by atoms with van der Waals surface area (Å²) in [4.78, 5) is 43.1. The average Bonchev–Trinajstić information content (AvgIpc) is 1.53. The number of halogens is 5. The second-order valence-corrected chi connectivity index (χ2v) is 39.5. The standard InChI is InChI=1S/C35H25N5.C34H24N4O.C30H22N4.C26H15F5N2/c1-35(2)27-17-10-9-16-24(27)25-21-30-26(20-28(25)35)31-29(18-11-19-36-31)40(30)34-38-32(22-12-5-3-6-13-22)37-33(39-34)23-14-7-4-8-15-23;1-34(2)27-12-7-6-11-24(27)25-20-30-26(19-28(25)34)31-29(13-8-18-35-31)38(30)23-16-14-22(15-17-23)33-37-36-32(39-33)21-9-4-3-5-10-21;1-30(2)23-8-4-3-7-20(23)21-18-27-22(17-24(21)30)29-26(10-6-14-32-29)34(27)28-11-5-9-25(33-28)19-12-15-31-16-13-19;1-26(2)15-7-4-3-6-12(15)13-11-18-14(10-16(13)26)24-17(8-5-9-32-24)33(18)25-22(30)20(28)19(27)21(29)23(25)31/h3-21H,1-2H3;3-20H,1-2H3;3-18H,1-2H3;3-11H,1-2H3. The molecule has 0 saturated heterocycles. The van der Waals surface area contributed by atoms with Gasteiger partial charge in [-0.05, 0) is 247 Å². The topological polar surface area (TPSA) is 175 Å². The van der Waals surface area contributed by atoms with Crippen molar-refractivity contribution in [3.05, 3.63) is 450 Å². The van der Waals surface area contributed by atoms with Gasteiger partial charge in [0, 0.05) is 114 Å². The first-order valence-corrected chi connectivity index (χ1v) is 48.5. The van der Waals surface area contributed by atoms with Crippen LogP contribution in [0.1, 0.15) is 99.9 Å². The molecule has 0 radical (unpaired) electrons. The Bertz CT molecular complexity index is 9620. The second kappa shape index (κ2) is 33.5. The maximum Gasteiger partial charge on any atom is 0.248 e. The summed E-state index contributed by atoms with van der Waals surface area (Å²) >= 11 is 0. The van der Waals surface area contributed by atoms with Gasteiger partial charge >= 0.3 is 0 Å². The summed E-state index contributed by atoms with van der Waals surface area (Å²) in [5.74, 6) is -6.22. The molecule has 0 spiro atoms. The van der Waals surface area contributed by atoms with Crippen LogP contribution >= 0.6 is 0 Å². The molecule has 0 unspecified atom stereocenters. The van der Waals surface area contributed by atoms with Crippen LogP contribution in [0.15, 0.2) is 381 Å². The highest BCUT2D eigenvalue weighted by atomic mass is 19.2. The third kappa shape index (κ3) is 13.6. The van der Waals surface area contributed by atoms with E-state index in [1.54, 1.807) is 30.6 Å². The van der Waals surface area contributed by atoms with E-state index in [1.807, 2.05) is 188 Å². The lowest BCUT2D eigenvalue weighted by Gasteiger charge is -2.21. The van der Waals surface area contributed by atoms with E-state index in [0.717, 1.165) is 132 Å². The molecule has 4 aliphatic carbocycles. The number of pyridine rings is 6. The molecule has 21 heteroatoms. The van der Waals surface area contributed by atoms with Crippen molar-refractivity contribution >= 4 is 87.7 Å². The number of fused-ring (bicyclic) bond motifs is 24. The molecular weight excluding hydrogens is 1820 g/mol. The summed E-state index contributed by atoms with van der Waals surface area (Å²) in [5, 5.41) is 12.5. The maximum absolute atomic E-state index is 14.9. The van der Waals surface area contributed by atoms with E-state index in [-0.39, 0.29) is 27.2 Å². The van der Waals surface area contributed by atoms with Gasteiger partial charge in [0.15, 0.2) is 34.9 Å². The molecule has 16 nitrogen and oxygen atoms in total. The molecule has 702 valence electrons. The molecule has 0 aliphatic heterocycles. The molecule has 0 bridgehead atoms. The van der Waals surface area contributed by atoms with Crippen LogP contribution in [0, 0.1) is 29.1 Å². The van der Waals surface area contributed by atoms with Crippen molar-refractivity contribution in [2.24, 2.45) is 0 Å². The fraction of sp³-hybridized carbons (Fsp3) is 0.0960. The molecule has 29 rings (SSSR count). The molecular formula is C125H86F5N15O. The largest absolute Gasteiger partial charge is 0.416 e. The molecule has 25 aromatic rings. The molecule has 12 heterocycles. The van der Waals surface area contributed by atoms with Gasteiger partial charge in [0.25, 0.3) is 0 Å². The SMILES string of the molecule is CC1(C)c2ccccc2-c2cc3c(cc21)c1ncccc1n3-c1c(F)c(F)c(F)c(F)c1F.CC1(C)c2ccccc2-c2cc3c(cc21)c1ncccc1n3-c1ccc(-c2nnc(-c3ccccc3)o2)cc1.CC1(C)c2ccccc2-c2cc3c(cc21)c1ncccc1n3-c1cccc(-c2ccncc2)n1.CC1(C)c2ccccc2-c2cc3c(cc21)c1ncccc1n3-c1nc(-c2ccccc2)nc(-c2ccccc2)n1. The van der Waals surface area contributed by atoms with E-state index in [1.165, 1.54) is 78.3 Å². The summed E-state index contributed by atoms with van der Waals surface area (Å²) in [6.07, 6.45) is 10.7. The van der Waals surface area contributed by atoms with Crippen LogP contribution in [0.5, 0.6) is 0 Å². The second-order valence-electron chi connectivity index (χ2n) is 39.5. The predicted molar refractivity (Wildman–Crippen MR) is 568 cm³/mol. The van der Waals surface area contributed by atoms with Crippen molar-refractivity contribution in [1.29, 1.82) is 0 Å². The first-order valence-electron chi connectivity index (χ1n) is 48.5.